The molecule has 2 rings (SSSR count). The van der Waals surface area contributed by atoms with Gasteiger partial charge in [-0.25, -0.2) is 4.79 Å². The molecule has 8 nitrogen and oxygen atoms in total. The fourth-order valence-corrected chi connectivity index (χ4v) is 2.72. The maximum absolute atomic E-state index is 12.8. The maximum Gasteiger partial charge on any atom is 0.407 e. The van der Waals surface area contributed by atoms with Crippen LogP contribution in [0.3, 0.4) is 0 Å². The summed E-state index contributed by atoms with van der Waals surface area (Å²) >= 11 is 0. The molecule has 2 N–H and O–H groups in total. The van der Waals surface area contributed by atoms with Crippen molar-refractivity contribution in [1.82, 2.24) is 10.6 Å². The Morgan fingerprint density at radius 2 is 2.00 bits per heavy atom. The van der Waals surface area contributed by atoms with Crippen LogP contribution in [0.4, 0.5) is 4.79 Å². The van der Waals surface area contributed by atoms with E-state index < -0.39 is 28.6 Å². The largest absolute Gasteiger partial charge is 0.486 e. The minimum Gasteiger partial charge on any atom is -0.486 e. The summed E-state index contributed by atoms with van der Waals surface area (Å²) in [6.07, 6.45) is 3.67. The summed E-state index contributed by atoms with van der Waals surface area (Å²) in [6, 6.07) is 0.865. The van der Waals surface area contributed by atoms with Gasteiger partial charge in [0.25, 0.3) is 5.91 Å². The smallest absolute Gasteiger partial charge is 0.407 e. The third-order valence-corrected chi connectivity index (χ3v) is 4.50. The highest BCUT2D eigenvalue weighted by Crippen LogP contribution is 2.39. The highest BCUT2D eigenvalue weighted by molar-refractivity contribution is 5.94. The molecule has 0 aromatic carbocycles. The van der Waals surface area contributed by atoms with Crippen molar-refractivity contribution < 1.29 is 23.5 Å². The van der Waals surface area contributed by atoms with Crippen LogP contribution in [-0.2, 0) is 4.74 Å². The number of ether oxygens (including phenoxy) is 2. The second kappa shape index (κ2) is 8.67. The van der Waals surface area contributed by atoms with E-state index in [-0.39, 0.29) is 17.6 Å². The summed E-state index contributed by atoms with van der Waals surface area (Å²) in [5, 5.41) is 5.65. The predicted molar refractivity (Wildman–Crippen MR) is 104 cm³/mol. The molecule has 0 bridgehead atoms. The van der Waals surface area contributed by atoms with Gasteiger partial charge in [0.2, 0.25) is 16.9 Å². The molecule has 1 aromatic heterocycles. The molecule has 1 atom stereocenters. The lowest BCUT2D eigenvalue weighted by Gasteiger charge is -2.27. The number of hydrogen-bond donors (Lipinski definition) is 2. The average Bonchev–Trinajstić information content (AvgIpc) is 3.35. The van der Waals surface area contributed by atoms with Crippen molar-refractivity contribution in [2.45, 2.75) is 77.5 Å². The van der Waals surface area contributed by atoms with Crippen molar-refractivity contribution in [1.29, 1.82) is 0 Å². The van der Waals surface area contributed by atoms with Gasteiger partial charge in [-0.2, -0.15) is 0 Å². The molecule has 156 valence electrons. The van der Waals surface area contributed by atoms with Crippen molar-refractivity contribution in [3.05, 3.63) is 28.3 Å². The maximum atomic E-state index is 12.8. The molecule has 1 aliphatic carbocycles. The molecule has 1 aromatic rings. The molecule has 1 heterocycles. The van der Waals surface area contributed by atoms with Crippen molar-refractivity contribution in [2.75, 3.05) is 6.61 Å². The van der Waals surface area contributed by atoms with Gasteiger partial charge in [0, 0.05) is 6.07 Å². The second-order valence-electron chi connectivity index (χ2n) is 8.12. The fraction of sp³-hybridized carbons (Fsp3) is 0.650. The van der Waals surface area contributed by atoms with Crippen LogP contribution in [0.25, 0.3) is 0 Å². The number of amides is 2. The van der Waals surface area contributed by atoms with E-state index in [0.717, 1.165) is 12.8 Å². The SMILES string of the molecule is CCCCOc1c(C(=O)NC2([C@@H](C)NC(=O)OC(C)(C)C)CC2)occc1=O. The van der Waals surface area contributed by atoms with Gasteiger partial charge in [0.05, 0.1) is 24.5 Å². The number of unbranched alkanes of at least 4 members (excludes halogenated alkanes) is 1. The van der Waals surface area contributed by atoms with Crippen LogP contribution >= 0.6 is 0 Å². The van der Waals surface area contributed by atoms with Crippen molar-refractivity contribution in [2.24, 2.45) is 0 Å². The third-order valence-electron chi connectivity index (χ3n) is 4.50. The first kappa shape index (κ1) is 21.8. The first-order valence-electron chi connectivity index (χ1n) is 9.64. The predicted octanol–water partition coefficient (Wildman–Crippen LogP) is 2.99. The van der Waals surface area contributed by atoms with Crippen LogP contribution in [0.15, 0.2) is 21.5 Å². The van der Waals surface area contributed by atoms with Crippen LogP contribution in [0.1, 0.15) is 70.9 Å². The quantitative estimate of drug-likeness (QED) is 0.657. The zero-order chi connectivity index (χ0) is 20.9. The van der Waals surface area contributed by atoms with E-state index in [1.54, 1.807) is 27.7 Å². The van der Waals surface area contributed by atoms with E-state index in [9.17, 15) is 14.4 Å². The molecule has 0 aliphatic heterocycles. The molecule has 2 amide bonds. The molecule has 28 heavy (non-hydrogen) atoms. The van der Waals surface area contributed by atoms with E-state index in [1.165, 1.54) is 12.3 Å². The Kier molecular flexibility index (Phi) is 6.74. The summed E-state index contributed by atoms with van der Waals surface area (Å²) < 4.78 is 16.0. The number of carbonyl (C=O) groups is 2. The molecule has 0 spiro atoms. The first-order chi connectivity index (χ1) is 13.1. The molecule has 0 unspecified atom stereocenters. The lowest BCUT2D eigenvalue weighted by Crippen LogP contribution is -2.53. The van der Waals surface area contributed by atoms with Gasteiger partial charge in [0.1, 0.15) is 5.60 Å². The van der Waals surface area contributed by atoms with E-state index >= 15 is 0 Å². The van der Waals surface area contributed by atoms with E-state index in [4.69, 9.17) is 13.9 Å². The van der Waals surface area contributed by atoms with Gasteiger partial charge in [-0.05, 0) is 47.0 Å². The van der Waals surface area contributed by atoms with E-state index in [2.05, 4.69) is 10.6 Å². The normalized spacial score (nSPS) is 16.0. The van der Waals surface area contributed by atoms with Gasteiger partial charge in [-0.15, -0.1) is 0 Å². The van der Waals surface area contributed by atoms with E-state index in [1.807, 2.05) is 6.92 Å². The highest BCUT2D eigenvalue weighted by atomic mass is 16.6. The fourth-order valence-electron chi connectivity index (χ4n) is 2.72. The summed E-state index contributed by atoms with van der Waals surface area (Å²) in [6.45, 7) is 9.47. The standard InChI is InChI=1S/C20H30N2O6/c1-6-7-11-26-15-14(23)8-12-27-16(15)17(24)22-20(9-10-20)13(2)21-18(25)28-19(3,4)5/h8,12-13H,6-7,9-11H2,1-5H3,(H,21,25)(H,22,24)/t13-/m1/s1. The summed E-state index contributed by atoms with van der Waals surface area (Å²) in [5.74, 6) is -0.782. The Morgan fingerprint density at radius 1 is 1.32 bits per heavy atom. The summed E-state index contributed by atoms with van der Waals surface area (Å²) in [4.78, 5) is 36.9. The first-order valence-corrected chi connectivity index (χ1v) is 9.64. The van der Waals surface area contributed by atoms with Crippen LogP contribution in [-0.4, -0.2) is 35.8 Å². The highest BCUT2D eigenvalue weighted by Gasteiger charge is 2.50. The summed E-state index contributed by atoms with van der Waals surface area (Å²) in [5.41, 5.74) is -1.62. The Bertz CT molecular complexity index is 761. The van der Waals surface area contributed by atoms with Gasteiger partial charge in [0.15, 0.2) is 0 Å². The number of alkyl carbamates (subject to hydrolysis) is 1. The van der Waals surface area contributed by atoms with Gasteiger partial charge >= 0.3 is 6.09 Å². The van der Waals surface area contributed by atoms with Crippen molar-refractivity contribution >= 4 is 12.0 Å². The molecule has 1 saturated carbocycles. The summed E-state index contributed by atoms with van der Waals surface area (Å²) in [7, 11) is 0. The third kappa shape index (κ3) is 5.74. The van der Waals surface area contributed by atoms with Gasteiger partial charge in [-0.3, -0.25) is 9.59 Å². The molecule has 1 aliphatic rings. The molecular weight excluding hydrogens is 364 g/mol. The van der Waals surface area contributed by atoms with Crippen LogP contribution < -0.4 is 20.8 Å². The van der Waals surface area contributed by atoms with Crippen LogP contribution in [0.2, 0.25) is 0 Å². The van der Waals surface area contributed by atoms with Crippen molar-refractivity contribution in [3.8, 4) is 5.75 Å². The van der Waals surface area contributed by atoms with Gasteiger partial charge in [-0.1, -0.05) is 13.3 Å². The lowest BCUT2D eigenvalue weighted by molar-refractivity contribution is 0.0489. The molecule has 0 saturated heterocycles. The van der Waals surface area contributed by atoms with Crippen molar-refractivity contribution in [3.63, 3.8) is 0 Å². The number of rotatable bonds is 8. The number of carbonyl (C=O) groups excluding carboxylic acids is 2. The zero-order valence-corrected chi connectivity index (χ0v) is 17.2. The minimum atomic E-state index is -0.609. The second-order valence-corrected chi connectivity index (χ2v) is 8.12. The molecule has 0 radical (unpaired) electrons. The Labute approximate surface area is 165 Å². The van der Waals surface area contributed by atoms with E-state index in [0.29, 0.717) is 19.4 Å². The Hall–Kier alpha value is -2.51. The monoisotopic (exact) mass is 394 g/mol. The van der Waals surface area contributed by atoms with Crippen LogP contribution in [0, 0.1) is 0 Å². The van der Waals surface area contributed by atoms with Crippen LogP contribution in [0.5, 0.6) is 5.75 Å². The Balaban J connectivity index is 2.07. The number of hydrogen-bond acceptors (Lipinski definition) is 6. The molecular formula is C20H30N2O6. The average molecular weight is 394 g/mol. The lowest BCUT2D eigenvalue weighted by atomic mass is 10.1. The molecule has 8 heteroatoms. The Morgan fingerprint density at radius 3 is 2.57 bits per heavy atom. The topological polar surface area (TPSA) is 107 Å². The van der Waals surface area contributed by atoms with Gasteiger partial charge < -0.3 is 24.5 Å². The molecule has 1 fully saturated rings. The zero-order valence-electron chi connectivity index (χ0n) is 17.2. The number of nitrogens with one attached hydrogen (secondary N) is 2. The minimum absolute atomic E-state index is 0.0861.